The van der Waals surface area contributed by atoms with Gasteiger partial charge in [-0.15, -0.1) is 0 Å². The van der Waals surface area contributed by atoms with Crippen molar-refractivity contribution in [2.75, 3.05) is 0 Å². The molecule has 0 aromatic heterocycles. The van der Waals surface area contributed by atoms with Crippen LogP contribution in [-0.2, 0) is 0 Å². The maximum absolute atomic E-state index is 6.31. The van der Waals surface area contributed by atoms with Crippen molar-refractivity contribution in [3.8, 4) is 0 Å². The first-order chi connectivity index (χ1) is 5.77. The van der Waals surface area contributed by atoms with Crippen molar-refractivity contribution in [3.05, 3.63) is 0 Å². The molecule has 1 nitrogen and oxygen atoms in total. The normalized spacial score (nSPS) is 15.9. The van der Waals surface area contributed by atoms with E-state index in [0.717, 1.165) is 0 Å². The summed E-state index contributed by atoms with van der Waals surface area (Å²) in [4.78, 5) is 0. The third-order valence-electron chi connectivity index (χ3n) is 3.79. The molecule has 1 atom stereocenters. The van der Waals surface area contributed by atoms with E-state index in [1.165, 1.54) is 0 Å². The van der Waals surface area contributed by atoms with Gasteiger partial charge >= 0.3 is 0 Å². The van der Waals surface area contributed by atoms with Crippen LogP contribution in [0.15, 0.2) is 0 Å². The standard InChI is InChI=1S/C11H27NSi/c1-8(2)11(9(3)4,10(5)6)13(7)12/h8-10,13H,12H2,1-7H3. The molecule has 0 rings (SSSR count). The van der Waals surface area contributed by atoms with Gasteiger partial charge in [-0.1, -0.05) is 48.1 Å². The van der Waals surface area contributed by atoms with Gasteiger partial charge in [0, 0.05) is 0 Å². The lowest BCUT2D eigenvalue weighted by Gasteiger charge is -2.47. The van der Waals surface area contributed by atoms with E-state index in [0.29, 0.717) is 22.8 Å². The highest BCUT2D eigenvalue weighted by Crippen LogP contribution is 2.50. The van der Waals surface area contributed by atoms with Gasteiger partial charge in [0.15, 0.2) is 0 Å². The lowest BCUT2D eigenvalue weighted by atomic mass is 9.76. The summed E-state index contributed by atoms with van der Waals surface area (Å²) in [5.74, 6) is 2.12. The second-order valence-corrected chi connectivity index (χ2v) is 7.83. The average Bonchev–Trinajstić information content (AvgIpc) is 1.82. The highest BCUT2D eigenvalue weighted by molar-refractivity contribution is 6.57. The monoisotopic (exact) mass is 201 g/mol. The zero-order chi connectivity index (χ0) is 10.8. The van der Waals surface area contributed by atoms with Crippen molar-refractivity contribution in [1.82, 2.24) is 0 Å². The maximum atomic E-state index is 6.31. The second kappa shape index (κ2) is 4.60. The van der Waals surface area contributed by atoms with E-state index in [9.17, 15) is 0 Å². The van der Waals surface area contributed by atoms with Crippen LogP contribution in [0.25, 0.3) is 0 Å². The molecule has 13 heavy (non-hydrogen) atoms. The lowest BCUT2D eigenvalue weighted by molar-refractivity contribution is 0.225. The van der Waals surface area contributed by atoms with Crippen LogP contribution >= 0.6 is 0 Å². The highest BCUT2D eigenvalue weighted by atomic mass is 28.3. The Labute approximate surface area is 85.8 Å². The number of hydrogen-bond donors (Lipinski definition) is 1. The van der Waals surface area contributed by atoms with E-state index in [4.69, 9.17) is 5.40 Å². The minimum atomic E-state index is -1.09. The summed E-state index contributed by atoms with van der Waals surface area (Å²) in [6.45, 7) is 16.3. The SMILES string of the molecule is CC(C)C(C(C)C)(C(C)C)[SiH](C)N. The second-order valence-electron chi connectivity index (χ2n) is 5.25. The predicted octanol–water partition coefficient (Wildman–Crippen LogP) is 3.01. The molecule has 2 N–H and O–H groups in total. The first-order valence-corrected chi connectivity index (χ1v) is 7.93. The molecule has 0 heterocycles. The highest BCUT2D eigenvalue weighted by Gasteiger charge is 2.43. The Morgan fingerprint density at radius 3 is 1.08 bits per heavy atom. The van der Waals surface area contributed by atoms with Crippen LogP contribution in [0.3, 0.4) is 0 Å². The third-order valence-corrected chi connectivity index (χ3v) is 7.37. The van der Waals surface area contributed by atoms with Crippen molar-refractivity contribution < 1.29 is 0 Å². The largest absolute Gasteiger partial charge is 0.353 e. The Morgan fingerprint density at radius 2 is 1.08 bits per heavy atom. The van der Waals surface area contributed by atoms with Crippen LogP contribution in [0.1, 0.15) is 41.5 Å². The fraction of sp³-hybridized carbons (Fsp3) is 1.00. The molecule has 0 aliphatic heterocycles. The summed E-state index contributed by atoms with van der Waals surface area (Å²) in [6.07, 6.45) is 0. The molecular weight excluding hydrogens is 174 g/mol. The van der Waals surface area contributed by atoms with Gasteiger partial charge in [0.1, 0.15) is 8.96 Å². The first-order valence-electron chi connectivity index (χ1n) is 5.53. The summed E-state index contributed by atoms with van der Waals surface area (Å²) in [6, 6.07) is 0. The summed E-state index contributed by atoms with van der Waals surface area (Å²) in [5.41, 5.74) is 0. The molecule has 80 valence electrons. The first kappa shape index (κ1) is 13.2. The van der Waals surface area contributed by atoms with Gasteiger partial charge in [0.05, 0.1) is 0 Å². The molecule has 0 saturated heterocycles. The molecule has 2 heteroatoms. The van der Waals surface area contributed by atoms with Gasteiger partial charge in [0.2, 0.25) is 0 Å². The minimum absolute atomic E-state index is 0.417. The average molecular weight is 201 g/mol. The molecular formula is C11H27NSi. The number of hydrogen-bond acceptors (Lipinski definition) is 1. The van der Waals surface area contributed by atoms with Gasteiger partial charge < -0.3 is 5.40 Å². The summed E-state index contributed by atoms with van der Waals surface area (Å²) in [7, 11) is -1.09. The van der Waals surface area contributed by atoms with Crippen molar-refractivity contribution in [2.24, 2.45) is 23.2 Å². The number of nitrogens with two attached hydrogens (primary N) is 1. The quantitative estimate of drug-likeness (QED) is 0.695. The van der Waals surface area contributed by atoms with Crippen LogP contribution in [-0.4, -0.2) is 8.96 Å². The fourth-order valence-electron chi connectivity index (χ4n) is 3.58. The topological polar surface area (TPSA) is 26.0 Å². The van der Waals surface area contributed by atoms with Gasteiger partial charge in [-0.3, -0.25) is 0 Å². The van der Waals surface area contributed by atoms with E-state index >= 15 is 0 Å². The van der Waals surface area contributed by atoms with Crippen LogP contribution < -0.4 is 5.40 Å². The summed E-state index contributed by atoms with van der Waals surface area (Å²) >= 11 is 0. The van der Waals surface area contributed by atoms with Gasteiger partial charge in [0.25, 0.3) is 0 Å². The molecule has 0 saturated carbocycles. The minimum Gasteiger partial charge on any atom is -0.353 e. The maximum Gasteiger partial charge on any atom is 0.110 e. The fourth-order valence-corrected chi connectivity index (χ4v) is 6.73. The number of rotatable bonds is 4. The molecule has 0 aromatic carbocycles. The van der Waals surface area contributed by atoms with Crippen LogP contribution in [0.4, 0.5) is 0 Å². The Bertz CT molecular complexity index is 113. The smallest absolute Gasteiger partial charge is 0.110 e. The molecule has 0 aromatic rings. The molecule has 0 amide bonds. The van der Waals surface area contributed by atoms with Gasteiger partial charge in [-0.2, -0.15) is 0 Å². The Balaban J connectivity index is 5.06. The summed E-state index contributed by atoms with van der Waals surface area (Å²) in [5, 5.41) is 6.73. The molecule has 0 radical (unpaired) electrons. The van der Waals surface area contributed by atoms with E-state index in [2.05, 4.69) is 48.1 Å². The van der Waals surface area contributed by atoms with E-state index in [-0.39, 0.29) is 0 Å². The van der Waals surface area contributed by atoms with Crippen molar-refractivity contribution in [3.63, 3.8) is 0 Å². The Kier molecular flexibility index (Phi) is 4.67. The molecule has 0 aliphatic rings. The van der Waals surface area contributed by atoms with Crippen molar-refractivity contribution in [1.29, 1.82) is 0 Å². The van der Waals surface area contributed by atoms with Crippen molar-refractivity contribution >= 4 is 8.96 Å². The van der Waals surface area contributed by atoms with Crippen LogP contribution in [0.5, 0.6) is 0 Å². The predicted molar refractivity (Wildman–Crippen MR) is 64.4 cm³/mol. The Hall–Kier alpha value is 0.177. The molecule has 0 bridgehead atoms. The molecule has 1 unspecified atom stereocenters. The molecule has 0 aliphatic carbocycles. The van der Waals surface area contributed by atoms with Gasteiger partial charge in [-0.05, 0) is 22.8 Å². The van der Waals surface area contributed by atoms with Crippen LogP contribution in [0, 0.1) is 17.8 Å². The van der Waals surface area contributed by atoms with E-state index in [1.54, 1.807) is 0 Å². The van der Waals surface area contributed by atoms with Crippen LogP contribution in [0.2, 0.25) is 11.6 Å². The lowest BCUT2D eigenvalue weighted by Crippen LogP contribution is -2.48. The van der Waals surface area contributed by atoms with Crippen molar-refractivity contribution in [2.45, 2.75) is 53.1 Å². The zero-order valence-electron chi connectivity index (χ0n) is 10.4. The Morgan fingerprint density at radius 1 is 0.846 bits per heavy atom. The van der Waals surface area contributed by atoms with E-state index < -0.39 is 8.96 Å². The summed E-state index contributed by atoms with van der Waals surface area (Å²) < 4.78 is 0. The van der Waals surface area contributed by atoms with Gasteiger partial charge in [-0.25, -0.2) is 0 Å². The molecule has 0 spiro atoms. The molecule has 0 fully saturated rings. The van der Waals surface area contributed by atoms with E-state index in [1.807, 2.05) is 0 Å². The zero-order valence-corrected chi connectivity index (χ0v) is 11.5. The third kappa shape index (κ3) is 2.16.